The number of piperidine rings is 1. The Kier molecular flexibility index (Phi) is 4.49. The maximum absolute atomic E-state index is 13.1. The number of carbonyl (C=O) groups is 1. The Morgan fingerprint density at radius 1 is 1.11 bits per heavy atom. The predicted octanol–water partition coefficient (Wildman–Crippen LogP) is 5.52. The summed E-state index contributed by atoms with van der Waals surface area (Å²) < 4.78 is 1.16. The van der Waals surface area contributed by atoms with E-state index in [1.807, 2.05) is 53.4 Å². The van der Waals surface area contributed by atoms with Gasteiger partial charge in [-0.2, -0.15) is 0 Å². The zero-order valence-corrected chi connectivity index (χ0v) is 16.7. The van der Waals surface area contributed by atoms with Crippen LogP contribution in [-0.2, 0) is 0 Å². The summed E-state index contributed by atoms with van der Waals surface area (Å²) in [7, 11) is 0. The quantitative estimate of drug-likeness (QED) is 0.439. The van der Waals surface area contributed by atoms with Gasteiger partial charge in [-0.1, -0.05) is 35.9 Å². The molecule has 140 valence electrons. The Hall–Kier alpha value is -2.50. The molecule has 3 heterocycles. The van der Waals surface area contributed by atoms with Gasteiger partial charge in [0.15, 0.2) is 0 Å². The number of carbonyl (C=O) groups excluding carboxylic acids is 1. The average molecular weight is 408 g/mol. The van der Waals surface area contributed by atoms with E-state index in [2.05, 4.69) is 4.98 Å². The van der Waals surface area contributed by atoms with Gasteiger partial charge in [0.2, 0.25) is 0 Å². The molecule has 2 aromatic heterocycles. The van der Waals surface area contributed by atoms with Crippen molar-refractivity contribution in [1.82, 2.24) is 14.9 Å². The zero-order chi connectivity index (χ0) is 19.1. The Labute approximate surface area is 171 Å². The third-order valence-electron chi connectivity index (χ3n) is 5.37. The van der Waals surface area contributed by atoms with Crippen LogP contribution in [-0.4, -0.2) is 33.9 Å². The molecule has 0 saturated carbocycles. The lowest BCUT2D eigenvalue weighted by Gasteiger charge is -2.31. The fraction of sp³-hybridized carbons (Fsp3) is 0.227. The van der Waals surface area contributed by atoms with Crippen LogP contribution in [0.25, 0.3) is 21.0 Å². The van der Waals surface area contributed by atoms with E-state index in [0.29, 0.717) is 16.6 Å². The minimum absolute atomic E-state index is 0.0198. The molecule has 0 aliphatic carbocycles. The first kappa shape index (κ1) is 17.6. The van der Waals surface area contributed by atoms with E-state index in [1.165, 1.54) is 0 Å². The van der Waals surface area contributed by atoms with E-state index in [1.54, 1.807) is 17.5 Å². The van der Waals surface area contributed by atoms with E-state index >= 15 is 0 Å². The fourth-order valence-corrected chi connectivity index (χ4v) is 5.15. The standard InChI is InChI=1S/C22H18ClN3OS/c23-16-5-6-19-18(13-16)25-21(28-19)15-8-11-26(12-9-15)22(27)20-17-4-2-1-3-14(17)7-10-24-20/h1-7,10,13,15H,8-9,11-12H2. The second kappa shape index (κ2) is 7.15. The number of halogens is 1. The third kappa shape index (κ3) is 3.15. The molecule has 0 bridgehead atoms. The highest BCUT2D eigenvalue weighted by molar-refractivity contribution is 7.18. The van der Waals surface area contributed by atoms with Gasteiger partial charge < -0.3 is 4.90 Å². The van der Waals surface area contributed by atoms with E-state index in [4.69, 9.17) is 16.6 Å². The topological polar surface area (TPSA) is 46.1 Å². The minimum Gasteiger partial charge on any atom is -0.337 e. The second-order valence-electron chi connectivity index (χ2n) is 7.11. The number of amides is 1. The summed E-state index contributed by atoms with van der Waals surface area (Å²) in [5.41, 5.74) is 1.51. The molecule has 6 heteroatoms. The Morgan fingerprint density at radius 2 is 1.93 bits per heavy atom. The van der Waals surface area contributed by atoms with Crippen molar-refractivity contribution in [1.29, 1.82) is 0 Å². The molecule has 1 saturated heterocycles. The van der Waals surface area contributed by atoms with Crippen LogP contribution in [0.2, 0.25) is 5.02 Å². The molecule has 0 atom stereocenters. The normalized spacial score (nSPS) is 15.4. The average Bonchev–Trinajstić information content (AvgIpc) is 3.16. The largest absolute Gasteiger partial charge is 0.337 e. The van der Waals surface area contributed by atoms with Gasteiger partial charge in [0, 0.05) is 35.6 Å². The highest BCUT2D eigenvalue weighted by Gasteiger charge is 2.27. The number of benzene rings is 2. The number of nitrogens with zero attached hydrogens (tertiary/aromatic N) is 3. The Bertz CT molecular complexity index is 1180. The van der Waals surface area contributed by atoms with Crippen LogP contribution in [0, 0.1) is 0 Å². The van der Waals surface area contributed by atoms with Crippen LogP contribution in [0.3, 0.4) is 0 Å². The molecular formula is C22H18ClN3OS. The molecule has 1 fully saturated rings. The summed E-state index contributed by atoms with van der Waals surface area (Å²) in [6, 6.07) is 15.7. The molecule has 28 heavy (non-hydrogen) atoms. The van der Waals surface area contributed by atoms with Gasteiger partial charge in [0.25, 0.3) is 5.91 Å². The van der Waals surface area contributed by atoms with Gasteiger partial charge in [0.05, 0.1) is 15.2 Å². The van der Waals surface area contributed by atoms with Gasteiger partial charge in [-0.25, -0.2) is 4.98 Å². The lowest BCUT2D eigenvalue weighted by Crippen LogP contribution is -2.38. The summed E-state index contributed by atoms with van der Waals surface area (Å²) in [5, 5.41) is 3.82. The van der Waals surface area contributed by atoms with Gasteiger partial charge in [-0.15, -0.1) is 11.3 Å². The number of rotatable bonds is 2. The lowest BCUT2D eigenvalue weighted by atomic mass is 9.97. The van der Waals surface area contributed by atoms with E-state index in [9.17, 15) is 4.79 Å². The molecule has 1 aliphatic rings. The molecule has 4 aromatic rings. The first-order valence-corrected chi connectivity index (χ1v) is 10.6. The molecule has 0 radical (unpaired) electrons. The van der Waals surface area contributed by atoms with Crippen molar-refractivity contribution >= 4 is 49.8 Å². The van der Waals surface area contributed by atoms with Crippen molar-refractivity contribution in [2.24, 2.45) is 0 Å². The summed E-state index contributed by atoms with van der Waals surface area (Å²) in [6.07, 6.45) is 3.56. The summed E-state index contributed by atoms with van der Waals surface area (Å²) in [6.45, 7) is 1.45. The number of fused-ring (bicyclic) bond motifs is 2. The molecule has 2 aromatic carbocycles. The van der Waals surface area contributed by atoms with Crippen molar-refractivity contribution in [3.8, 4) is 0 Å². The van der Waals surface area contributed by atoms with Crippen LogP contribution >= 0.6 is 22.9 Å². The molecule has 5 rings (SSSR count). The maximum atomic E-state index is 13.1. The third-order valence-corrected chi connectivity index (χ3v) is 6.81. The lowest BCUT2D eigenvalue weighted by molar-refractivity contribution is 0.0709. The number of hydrogen-bond acceptors (Lipinski definition) is 4. The number of thiazole rings is 1. The van der Waals surface area contributed by atoms with Crippen molar-refractivity contribution in [2.45, 2.75) is 18.8 Å². The molecule has 0 N–H and O–H groups in total. The summed E-state index contributed by atoms with van der Waals surface area (Å²) >= 11 is 7.82. The Morgan fingerprint density at radius 3 is 2.79 bits per heavy atom. The predicted molar refractivity (Wildman–Crippen MR) is 114 cm³/mol. The molecule has 1 aliphatic heterocycles. The highest BCUT2D eigenvalue weighted by atomic mass is 35.5. The molecule has 0 spiro atoms. The number of aromatic nitrogens is 2. The molecule has 1 amide bonds. The van der Waals surface area contributed by atoms with Crippen LogP contribution in [0.5, 0.6) is 0 Å². The summed E-state index contributed by atoms with van der Waals surface area (Å²) in [5.74, 6) is 0.409. The highest BCUT2D eigenvalue weighted by Crippen LogP contribution is 2.35. The van der Waals surface area contributed by atoms with Gasteiger partial charge >= 0.3 is 0 Å². The molecule has 4 nitrogen and oxygen atoms in total. The van der Waals surface area contributed by atoms with Gasteiger partial charge in [0.1, 0.15) is 5.69 Å². The SMILES string of the molecule is O=C(c1nccc2ccccc12)N1CCC(c2nc3cc(Cl)ccc3s2)CC1. The Balaban J connectivity index is 1.34. The van der Waals surface area contributed by atoms with E-state index in [-0.39, 0.29) is 5.91 Å². The monoisotopic (exact) mass is 407 g/mol. The van der Waals surface area contributed by atoms with Crippen LogP contribution in [0.4, 0.5) is 0 Å². The van der Waals surface area contributed by atoms with Crippen LogP contribution in [0.15, 0.2) is 54.7 Å². The maximum Gasteiger partial charge on any atom is 0.273 e. The van der Waals surface area contributed by atoms with Crippen molar-refractivity contribution < 1.29 is 4.79 Å². The summed E-state index contributed by atoms with van der Waals surface area (Å²) in [4.78, 5) is 24.2. The zero-order valence-electron chi connectivity index (χ0n) is 15.1. The number of pyridine rings is 1. The minimum atomic E-state index is 0.0198. The van der Waals surface area contributed by atoms with Crippen molar-refractivity contribution in [3.63, 3.8) is 0 Å². The number of hydrogen-bond donors (Lipinski definition) is 0. The first-order chi connectivity index (χ1) is 13.7. The molecular weight excluding hydrogens is 390 g/mol. The first-order valence-electron chi connectivity index (χ1n) is 9.38. The number of likely N-dealkylation sites (tertiary alicyclic amines) is 1. The second-order valence-corrected chi connectivity index (χ2v) is 8.61. The van der Waals surface area contributed by atoms with E-state index in [0.717, 1.165) is 51.9 Å². The van der Waals surface area contributed by atoms with Crippen molar-refractivity contribution in [2.75, 3.05) is 13.1 Å². The van der Waals surface area contributed by atoms with Crippen LogP contribution in [0.1, 0.15) is 34.3 Å². The van der Waals surface area contributed by atoms with E-state index < -0.39 is 0 Å². The van der Waals surface area contributed by atoms with Crippen LogP contribution < -0.4 is 0 Å². The fourth-order valence-electron chi connectivity index (χ4n) is 3.86. The smallest absolute Gasteiger partial charge is 0.273 e. The van der Waals surface area contributed by atoms with Gasteiger partial charge in [-0.3, -0.25) is 9.78 Å². The van der Waals surface area contributed by atoms with Crippen molar-refractivity contribution in [3.05, 3.63) is 70.5 Å². The molecule has 0 unspecified atom stereocenters. The van der Waals surface area contributed by atoms with Gasteiger partial charge in [-0.05, 0) is 42.5 Å².